The number of nitrogens with one attached hydrogen (secondary N) is 1. The van der Waals surface area contributed by atoms with E-state index in [1.54, 1.807) is 4.57 Å². The number of hydrogen-bond donors (Lipinski definition) is 1. The maximum atomic E-state index is 12.0. The third-order valence-electron chi connectivity index (χ3n) is 2.84. The molecule has 1 aromatic heterocycles. The summed E-state index contributed by atoms with van der Waals surface area (Å²) in [5, 5.41) is 4.09. The average Bonchev–Trinajstić information content (AvgIpc) is 2.68. The van der Waals surface area contributed by atoms with Crippen LogP contribution in [0.1, 0.15) is 5.56 Å². The van der Waals surface area contributed by atoms with Gasteiger partial charge in [-0.05, 0) is 18.7 Å². The molecule has 0 spiro atoms. The van der Waals surface area contributed by atoms with Gasteiger partial charge in [-0.1, -0.05) is 18.2 Å². The molecule has 0 radical (unpaired) electrons. The van der Waals surface area contributed by atoms with Gasteiger partial charge in [0.25, 0.3) is 0 Å². The summed E-state index contributed by atoms with van der Waals surface area (Å²) < 4.78 is 41.5. The molecule has 1 heterocycles. The Labute approximate surface area is 109 Å². The van der Waals surface area contributed by atoms with E-state index in [1.165, 1.54) is 0 Å². The summed E-state index contributed by atoms with van der Waals surface area (Å²) >= 11 is 0. The Kier molecular flexibility index (Phi) is 4.11. The second-order valence-corrected chi connectivity index (χ2v) is 4.19. The van der Waals surface area contributed by atoms with Crippen LogP contribution in [-0.2, 0) is 17.8 Å². The quantitative estimate of drug-likeness (QED) is 0.905. The lowest BCUT2D eigenvalue weighted by Gasteiger charge is -2.08. The normalized spacial score (nSPS) is 12.2. The third kappa shape index (κ3) is 3.48. The van der Waals surface area contributed by atoms with E-state index in [0.717, 1.165) is 16.5 Å². The highest BCUT2D eigenvalue weighted by Crippen LogP contribution is 2.22. The van der Waals surface area contributed by atoms with Gasteiger partial charge in [0.15, 0.2) is 0 Å². The van der Waals surface area contributed by atoms with Crippen molar-refractivity contribution in [2.45, 2.75) is 19.5 Å². The molecular formula is C13H15F3N2O. The molecule has 0 aliphatic heterocycles. The molecule has 104 valence electrons. The van der Waals surface area contributed by atoms with Crippen LogP contribution in [0.2, 0.25) is 0 Å². The van der Waals surface area contributed by atoms with E-state index in [4.69, 9.17) is 0 Å². The summed E-state index contributed by atoms with van der Waals surface area (Å²) in [6.07, 6.45) is -2.71. The van der Waals surface area contributed by atoms with E-state index in [-0.39, 0.29) is 13.2 Å². The molecule has 0 saturated heterocycles. The second kappa shape index (κ2) is 5.63. The van der Waals surface area contributed by atoms with Crippen LogP contribution in [-0.4, -0.2) is 24.6 Å². The molecule has 0 unspecified atom stereocenters. The summed E-state index contributed by atoms with van der Waals surface area (Å²) in [5.41, 5.74) is 1.98. The Morgan fingerprint density at radius 3 is 2.68 bits per heavy atom. The van der Waals surface area contributed by atoms with Crippen molar-refractivity contribution in [3.8, 4) is 0 Å². The molecule has 0 fully saturated rings. The summed E-state index contributed by atoms with van der Waals surface area (Å²) in [5.74, 6) is 0. The maximum Gasteiger partial charge on any atom is 0.522 e. The minimum Gasteiger partial charge on any atom is -0.345 e. The Balaban J connectivity index is 2.18. The Hall–Kier alpha value is -1.53. The minimum atomic E-state index is -4.57. The average molecular weight is 272 g/mol. The van der Waals surface area contributed by atoms with E-state index in [2.05, 4.69) is 10.1 Å². The van der Waals surface area contributed by atoms with Gasteiger partial charge in [0, 0.05) is 30.2 Å². The van der Waals surface area contributed by atoms with E-state index >= 15 is 0 Å². The molecular weight excluding hydrogens is 257 g/mol. The lowest BCUT2D eigenvalue weighted by atomic mass is 10.2. The first kappa shape index (κ1) is 13.9. The molecule has 0 amide bonds. The van der Waals surface area contributed by atoms with Crippen molar-refractivity contribution in [3.05, 3.63) is 36.0 Å². The number of halogens is 3. The molecule has 6 heteroatoms. The first-order valence-electron chi connectivity index (χ1n) is 5.93. The van der Waals surface area contributed by atoms with E-state index in [0.29, 0.717) is 6.54 Å². The van der Waals surface area contributed by atoms with E-state index < -0.39 is 6.36 Å². The van der Waals surface area contributed by atoms with Gasteiger partial charge in [-0.15, -0.1) is 13.2 Å². The van der Waals surface area contributed by atoms with Crippen LogP contribution in [0.4, 0.5) is 13.2 Å². The van der Waals surface area contributed by atoms with Crippen LogP contribution in [0, 0.1) is 0 Å². The fourth-order valence-electron chi connectivity index (χ4n) is 2.10. The Morgan fingerprint density at radius 1 is 1.26 bits per heavy atom. The number of benzene rings is 1. The largest absolute Gasteiger partial charge is 0.522 e. The van der Waals surface area contributed by atoms with Gasteiger partial charge in [-0.25, -0.2) is 0 Å². The molecule has 0 atom stereocenters. The van der Waals surface area contributed by atoms with E-state index in [9.17, 15) is 13.2 Å². The number of fused-ring (bicyclic) bond motifs is 1. The summed E-state index contributed by atoms with van der Waals surface area (Å²) in [6.45, 7) is 0.457. The summed E-state index contributed by atoms with van der Waals surface area (Å²) in [6, 6.07) is 7.63. The number of aromatic nitrogens is 1. The lowest BCUT2D eigenvalue weighted by Crippen LogP contribution is -2.17. The van der Waals surface area contributed by atoms with Crippen LogP contribution in [0.3, 0.4) is 0 Å². The molecule has 2 rings (SSSR count). The molecule has 19 heavy (non-hydrogen) atoms. The Morgan fingerprint density at radius 2 is 2.00 bits per heavy atom. The first-order chi connectivity index (χ1) is 9.01. The fourth-order valence-corrected chi connectivity index (χ4v) is 2.10. The summed E-state index contributed by atoms with van der Waals surface area (Å²) in [4.78, 5) is 0. The van der Waals surface area contributed by atoms with Gasteiger partial charge < -0.3 is 9.88 Å². The second-order valence-electron chi connectivity index (χ2n) is 4.19. The zero-order valence-corrected chi connectivity index (χ0v) is 10.5. The molecule has 1 N–H and O–H groups in total. The van der Waals surface area contributed by atoms with Crippen LogP contribution >= 0.6 is 0 Å². The van der Waals surface area contributed by atoms with Crippen molar-refractivity contribution in [2.24, 2.45) is 0 Å². The Bertz CT molecular complexity index is 548. The highest BCUT2D eigenvalue weighted by atomic mass is 19.4. The number of para-hydroxylation sites is 1. The van der Waals surface area contributed by atoms with Crippen LogP contribution < -0.4 is 5.32 Å². The van der Waals surface area contributed by atoms with Gasteiger partial charge in [0.1, 0.15) is 0 Å². The number of alkyl halides is 3. The minimum absolute atomic E-state index is 0.170. The molecule has 3 nitrogen and oxygen atoms in total. The van der Waals surface area contributed by atoms with Crippen molar-refractivity contribution < 1.29 is 17.9 Å². The molecule has 0 saturated carbocycles. The van der Waals surface area contributed by atoms with Gasteiger partial charge in [-0.2, -0.15) is 0 Å². The standard InChI is InChI=1S/C13H15F3N2O/c1-17-8-10-9-18(6-7-19-13(14,15)16)12-5-3-2-4-11(10)12/h2-5,9,17H,6-8H2,1H3. The number of ether oxygens (including phenoxy) is 1. The number of nitrogens with zero attached hydrogens (tertiary/aromatic N) is 1. The van der Waals surface area contributed by atoms with Crippen molar-refractivity contribution in [3.63, 3.8) is 0 Å². The monoisotopic (exact) mass is 272 g/mol. The topological polar surface area (TPSA) is 26.2 Å². The summed E-state index contributed by atoms with van der Waals surface area (Å²) in [7, 11) is 1.83. The third-order valence-corrected chi connectivity index (χ3v) is 2.84. The molecule has 2 aromatic rings. The zero-order chi connectivity index (χ0) is 13.9. The van der Waals surface area contributed by atoms with Crippen molar-refractivity contribution in [1.82, 2.24) is 9.88 Å². The van der Waals surface area contributed by atoms with Gasteiger partial charge in [0.2, 0.25) is 0 Å². The smallest absolute Gasteiger partial charge is 0.345 e. The molecule has 0 aliphatic rings. The zero-order valence-electron chi connectivity index (χ0n) is 10.5. The first-order valence-corrected chi connectivity index (χ1v) is 5.93. The van der Waals surface area contributed by atoms with E-state index in [1.807, 2.05) is 37.5 Å². The highest BCUT2D eigenvalue weighted by Gasteiger charge is 2.28. The maximum absolute atomic E-state index is 12.0. The number of hydrogen-bond acceptors (Lipinski definition) is 2. The predicted molar refractivity (Wildman–Crippen MR) is 66.7 cm³/mol. The van der Waals surface area contributed by atoms with Crippen LogP contribution in [0.15, 0.2) is 30.5 Å². The van der Waals surface area contributed by atoms with Gasteiger partial charge in [0.05, 0.1) is 6.61 Å². The van der Waals surface area contributed by atoms with Crippen molar-refractivity contribution in [1.29, 1.82) is 0 Å². The molecule has 1 aromatic carbocycles. The van der Waals surface area contributed by atoms with Gasteiger partial charge in [-0.3, -0.25) is 4.74 Å². The van der Waals surface area contributed by atoms with Crippen LogP contribution in [0.25, 0.3) is 10.9 Å². The van der Waals surface area contributed by atoms with Crippen molar-refractivity contribution >= 4 is 10.9 Å². The lowest BCUT2D eigenvalue weighted by molar-refractivity contribution is -0.325. The molecule has 0 bridgehead atoms. The van der Waals surface area contributed by atoms with Crippen LogP contribution in [0.5, 0.6) is 0 Å². The molecule has 0 aliphatic carbocycles. The van der Waals surface area contributed by atoms with Gasteiger partial charge >= 0.3 is 6.36 Å². The number of rotatable bonds is 5. The highest BCUT2D eigenvalue weighted by molar-refractivity contribution is 5.83. The SMILES string of the molecule is CNCc1cn(CCOC(F)(F)F)c2ccccc12. The fraction of sp³-hybridized carbons (Fsp3) is 0.385. The predicted octanol–water partition coefficient (Wildman–Crippen LogP) is 2.90. The van der Waals surface area contributed by atoms with Crippen molar-refractivity contribution in [2.75, 3.05) is 13.7 Å².